The van der Waals surface area contributed by atoms with Gasteiger partial charge in [0.15, 0.2) is 5.13 Å². The molecule has 9 heteroatoms. The molecule has 2 N–H and O–H groups in total. The lowest BCUT2D eigenvalue weighted by atomic mass is 9.89. The molecule has 1 aliphatic heterocycles. The molecule has 5 rings (SSSR count). The van der Waals surface area contributed by atoms with E-state index in [0.717, 1.165) is 24.1 Å². The van der Waals surface area contributed by atoms with E-state index in [4.69, 9.17) is 9.15 Å². The highest BCUT2D eigenvalue weighted by Gasteiger charge is 2.26. The summed E-state index contributed by atoms with van der Waals surface area (Å²) in [5.41, 5.74) is 3.53. The first-order valence-electron chi connectivity index (χ1n) is 11.2. The summed E-state index contributed by atoms with van der Waals surface area (Å²) in [7, 11) is 1.68. The zero-order valence-electron chi connectivity index (χ0n) is 19.1. The van der Waals surface area contributed by atoms with Crippen molar-refractivity contribution in [1.29, 1.82) is 0 Å². The number of furan rings is 1. The van der Waals surface area contributed by atoms with Crippen LogP contribution in [0.4, 0.5) is 5.13 Å². The van der Waals surface area contributed by atoms with Gasteiger partial charge in [-0.15, -0.1) is 11.3 Å². The SMILES string of the molecule is COc1ccc2[nH]cc(C3CCN(C(=O)Cc4csc(NC(=O)c5ccoc5C)n4)CC3)c2c1. The van der Waals surface area contributed by atoms with Gasteiger partial charge in [-0.05, 0) is 55.5 Å². The molecule has 1 fully saturated rings. The number of carbonyl (C=O) groups excluding carboxylic acids is 2. The number of aryl methyl sites for hydroxylation is 1. The average Bonchev–Trinajstić information content (AvgIpc) is 3.58. The van der Waals surface area contributed by atoms with Gasteiger partial charge in [-0.2, -0.15) is 0 Å². The minimum atomic E-state index is -0.268. The molecule has 0 atom stereocenters. The van der Waals surface area contributed by atoms with Gasteiger partial charge in [-0.25, -0.2) is 4.98 Å². The van der Waals surface area contributed by atoms with Gasteiger partial charge in [0.1, 0.15) is 11.5 Å². The number of methoxy groups -OCH3 is 1. The maximum Gasteiger partial charge on any atom is 0.260 e. The van der Waals surface area contributed by atoms with Gasteiger partial charge in [0.2, 0.25) is 5.91 Å². The minimum absolute atomic E-state index is 0.0629. The molecule has 0 spiro atoms. The molecule has 0 saturated carbocycles. The van der Waals surface area contributed by atoms with Gasteiger partial charge in [0.05, 0.1) is 31.1 Å². The van der Waals surface area contributed by atoms with Crippen LogP contribution in [0.25, 0.3) is 10.9 Å². The molecule has 4 aromatic rings. The van der Waals surface area contributed by atoms with Gasteiger partial charge in [-0.1, -0.05) is 0 Å². The van der Waals surface area contributed by atoms with Crippen molar-refractivity contribution in [2.75, 3.05) is 25.5 Å². The van der Waals surface area contributed by atoms with Crippen LogP contribution in [0.5, 0.6) is 5.75 Å². The predicted octanol–water partition coefficient (Wildman–Crippen LogP) is 4.74. The lowest BCUT2D eigenvalue weighted by molar-refractivity contribution is -0.131. The largest absolute Gasteiger partial charge is 0.497 e. The number of nitrogens with zero attached hydrogens (tertiary/aromatic N) is 2. The van der Waals surface area contributed by atoms with Crippen LogP contribution >= 0.6 is 11.3 Å². The molecule has 2 amide bonds. The fourth-order valence-corrected chi connectivity index (χ4v) is 5.23. The fourth-order valence-electron chi connectivity index (χ4n) is 4.52. The molecule has 8 nitrogen and oxygen atoms in total. The first-order chi connectivity index (χ1) is 16.5. The van der Waals surface area contributed by atoms with E-state index < -0.39 is 0 Å². The van der Waals surface area contributed by atoms with Crippen molar-refractivity contribution in [1.82, 2.24) is 14.9 Å². The number of piperidine rings is 1. The Morgan fingerprint density at radius 2 is 2.12 bits per heavy atom. The third-order valence-electron chi connectivity index (χ3n) is 6.42. The summed E-state index contributed by atoms with van der Waals surface area (Å²) in [6, 6.07) is 7.69. The summed E-state index contributed by atoms with van der Waals surface area (Å²) in [6.07, 6.45) is 5.62. The molecule has 0 bridgehead atoms. The lowest BCUT2D eigenvalue weighted by Crippen LogP contribution is -2.38. The molecule has 1 saturated heterocycles. The highest BCUT2D eigenvalue weighted by molar-refractivity contribution is 7.14. The number of anilines is 1. The summed E-state index contributed by atoms with van der Waals surface area (Å²) >= 11 is 1.31. The van der Waals surface area contributed by atoms with Crippen LogP contribution < -0.4 is 10.1 Å². The van der Waals surface area contributed by atoms with Gasteiger partial charge in [0, 0.05) is 35.6 Å². The first-order valence-corrected chi connectivity index (χ1v) is 12.1. The van der Waals surface area contributed by atoms with Crippen LogP contribution in [-0.4, -0.2) is 46.9 Å². The summed E-state index contributed by atoms with van der Waals surface area (Å²) in [6.45, 7) is 3.17. The normalized spacial score (nSPS) is 14.5. The van der Waals surface area contributed by atoms with E-state index in [2.05, 4.69) is 27.5 Å². The van der Waals surface area contributed by atoms with Gasteiger partial charge >= 0.3 is 0 Å². The summed E-state index contributed by atoms with van der Waals surface area (Å²) < 4.78 is 10.6. The molecule has 176 valence electrons. The number of likely N-dealkylation sites (tertiary alicyclic amines) is 1. The summed E-state index contributed by atoms with van der Waals surface area (Å²) in [5.74, 6) is 1.60. The number of fused-ring (bicyclic) bond motifs is 1. The van der Waals surface area contributed by atoms with Crippen LogP contribution in [0.2, 0.25) is 0 Å². The summed E-state index contributed by atoms with van der Waals surface area (Å²) in [5, 5.41) is 6.26. The van der Waals surface area contributed by atoms with E-state index in [9.17, 15) is 9.59 Å². The average molecular weight is 479 g/mol. The Bertz CT molecular complexity index is 1330. The topological polar surface area (TPSA) is 100 Å². The highest BCUT2D eigenvalue weighted by atomic mass is 32.1. The molecular formula is C25H26N4O4S. The maximum atomic E-state index is 12.9. The lowest BCUT2D eigenvalue weighted by Gasteiger charge is -2.32. The number of H-pyrrole nitrogens is 1. The van der Waals surface area contributed by atoms with Crippen LogP contribution in [0.3, 0.4) is 0 Å². The van der Waals surface area contributed by atoms with Crippen LogP contribution in [-0.2, 0) is 11.2 Å². The number of nitrogens with one attached hydrogen (secondary N) is 2. The van der Waals surface area contributed by atoms with E-state index in [1.807, 2.05) is 22.4 Å². The Morgan fingerprint density at radius 1 is 1.29 bits per heavy atom. The second-order valence-corrected chi connectivity index (χ2v) is 9.33. The van der Waals surface area contributed by atoms with E-state index in [-0.39, 0.29) is 18.2 Å². The zero-order chi connectivity index (χ0) is 23.7. The Morgan fingerprint density at radius 3 is 2.85 bits per heavy atom. The van der Waals surface area contributed by atoms with Gasteiger partial charge in [0.25, 0.3) is 5.91 Å². The number of hydrogen-bond acceptors (Lipinski definition) is 6. The molecule has 0 unspecified atom stereocenters. The smallest absolute Gasteiger partial charge is 0.260 e. The first kappa shape index (κ1) is 22.2. The van der Waals surface area contributed by atoms with E-state index >= 15 is 0 Å². The van der Waals surface area contributed by atoms with E-state index in [0.29, 0.717) is 41.2 Å². The van der Waals surface area contributed by atoms with Crippen molar-refractivity contribution in [2.45, 2.75) is 32.1 Å². The van der Waals surface area contributed by atoms with Crippen LogP contribution in [0.1, 0.15) is 46.1 Å². The zero-order valence-corrected chi connectivity index (χ0v) is 19.9. The van der Waals surface area contributed by atoms with E-state index in [1.165, 1.54) is 28.5 Å². The number of aromatic nitrogens is 2. The summed E-state index contributed by atoms with van der Waals surface area (Å²) in [4.78, 5) is 34.9. The van der Waals surface area contributed by atoms with Crippen molar-refractivity contribution in [3.05, 3.63) is 64.7 Å². The number of thiazole rings is 1. The van der Waals surface area contributed by atoms with Crippen molar-refractivity contribution in [3.63, 3.8) is 0 Å². The molecule has 1 aliphatic rings. The third-order valence-corrected chi connectivity index (χ3v) is 7.22. The standard InChI is InChI=1S/C25H26N4O4S/c1-15-19(7-10-33-15)24(31)28-25-27-17(14-34-25)11-23(30)29-8-5-16(6-9-29)21-13-26-22-4-3-18(32-2)12-20(21)22/h3-4,7,10,12-14,16,26H,5-6,8-9,11H2,1-2H3,(H,27,28,31). The molecule has 0 aliphatic carbocycles. The fraction of sp³-hybridized carbons (Fsp3) is 0.320. The molecule has 0 radical (unpaired) electrons. The Labute approximate surface area is 200 Å². The second kappa shape index (κ2) is 9.34. The van der Waals surface area contributed by atoms with Crippen LogP contribution in [0.15, 0.2) is 46.5 Å². The predicted molar refractivity (Wildman–Crippen MR) is 131 cm³/mol. The van der Waals surface area contributed by atoms with E-state index in [1.54, 1.807) is 20.1 Å². The molecule has 34 heavy (non-hydrogen) atoms. The second-order valence-electron chi connectivity index (χ2n) is 8.48. The Hall–Kier alpha value is -3.59. The van der Waals surface area contributed by atoms with Gasteiger partial charge < -0.3 is 19.0 Å². The van der Waals surface area contributed by atoms with Crippen molar-refractivity contribution < 1.29 is 18.7 Å². The number of ether oxygens (including phenoxy) is 1. The highest BCUT2D eigenvalue weighted by Crippen LogP contribution is 2.35. The Balaban J connectivity index is 1.17. The number of hydrogen-bond donors (Lipinski definition) is 2. The Kier molecular flexibility index (Phi) is 6.10. The molecule has 4 heterocycles. The van der Waals surface area contributed by atoms with Crippen molar-refractivity contribution in [3.8, 4) is 5.75 Å². The number of aromatic amines is 1. The number of carbonyl (C=O) groups is 2. The maximum absolute atomic E-state index is 12.9. The number of benzene rings is 1. The third kappa shape index (κ3) is 4.43. The van der Waals surface area contributed by atoms with Crippen LogP contribution in [0, 0.1) is 6.92 Å². The van der Waals surface area contributed by atoms with Gasteiger partial charge in [-0.3, -0.25) is 14.9 Å². The van der Waals surface area contributed by atoms with Crippen molar-refractivity contribution in [2.24, 2.45) is 0 Å². The minimum Gasteiger partial charge on any atom is -0.497 e. The monoisotopic (exact) mass is 478 g/mol. The van der Waals surface area contributed by atoms with Crippen molar-refractivity contribution >= 4 is 39.2 Å². The number of amides is 2. The molecule has 1 aromatic carbocycles. The quantitative estimate of drug-likeness (QED) is 0.417. The number of rotatable bonds is 6. The molecular weight excluding hydrogens is 452 g/mol. The molecule has 3 aromatic heterocycles.